The Morgan fingerprint density at radius 2 is 2.00 bits per heavy atom. The minimum Gasteiger partial charge on any atom is -0.379 e. The molecule has 0 aliphatic heterocycles. The number of hydrogen-bond acceptors (Lipinski definition) is 2. The summed E-state index contributed by atoms with van der Waals surface area (Å²) in [6, 6.07) is 0. The van der Waals surface area contributed by atoms with Gasteiger partial charge in [-0.25, -0.2) is 0 Å². The molecule has 0 bridgehead atoms. The number of hydrogen-bond donors (Lipinski definition) is 2. The van der Waals surface area contributed by atoms with Gasteiger partial charge in [-0.05, 0) is 18.8 Å². The van der Waals surface area contributed by atoms with Crippen LogP contribution in [-0.4, -0.2) is 11.3 Å². The Morgan fingerprint density at radius 1 is 1.40 bits per heavy atom. The molecule has 0 aromatic rings. The van der Waals surface area contributed by atoms with Gasteiger partial charge in [-0.3, -0.25) is 0 Å². The molecule has 1 rings (SSSR count). The van der Waals surface area contributed by atoms with Crippen molar-refractivity contribution >= 4 is 0 Å². The maximum absolute atomic E-state index is 8.79. The van der Waals surface area contributed by atoms with Gasteiger partial charge in [0.25, 0.3) is 0 Å². The van der Waals surface area contributed by atoms with Gasteiger partial charge in [-0.1, -0.05) is 25.7 Å². The second-order valence-electron chi connectivity index (χ2n) is 3.30. The summed E-state index contributed by atoms with van der Waals surface area (Å²) in [4.78, 5) is 0. The molecule has 3 N–H and O–H groups in total. The van der Waals surface area contributed by atoms with Crippen molar-refractivity contribution in [2.45, 2.75) is 44.8 Å². The molecule has 1 saturated carbocycles. The van der Waals surface area contributed by atoms with Crippen LogP contribution < -0.4 is 5.73 Å². The van der Waals surface area contributed by atoms with Crippen LogP contribution >= 0.6 is 0 Å². The first-order valence-electron chi connectivity index (χ1n) is 4.22. The third-order valence-corrected chi connectivity index (χ3v) is 2.35. The van der Waals surface area contributed by atoms with Gasteiger partial charge in [0.1, 0.15) is 6.23 Å². The van der Waals surface area contributed by atoms with Crippen LogP contribution in [0.15, 0.2) is 0 Å². The van der Waals surface area contributed by atoms with Gasteiger partial charge in [0.15, 0.2) is 0 Å². The predicted octanol–water partition coefficient (Wildman–Crippen LogP) is 1.23. The molecular weight excluding hydrogens is 126 g/mol. The Kier molecular flexibility index (Phi) is 3.16. The molecule has 0 spiro atoms. The molecular formula is C8H17NO. The first kappa shape index (κ1) is 8.02. The van der Waals surface area contributed by atoms with Crippen LogP contribution in [0.5, 0.6) is 0 Å². The molecule has 60 valence electrons. The molecule has 1 fully saturated rings. The van der Waals surface area contributed by atoms with Crippen molar-refractivity contribution < 1.29 is 5.11 Å². The highest BCUT2D eigenvalue weighted by atomic mass is 16.3. The van der Waals surface area contributed by atoms with Crippen molar-refractivity contribution in [3.63, 3.8) is 0 Å². The zero-order valence-corrected chi connectivity index (χ0v) is 6.42. The van der Waals surface area contributed by atoms with E-state index in [9.17, 15) is 0 Å². The van der Waals surface area contributed by atoms with E-state index >= 15 is 0 Å². The van der Waals surface area contributed by atoms with Gasteiger partial charge in [-0.2, -0.15) is 0 Å². The van der Waals surface area contributed by atoms with Crippen molar-refractivity contribution in [3.05, 3.63) is 0 Å². The maximum atomic E-state index is 8.79. The summed E-state index contributed by atoms with van der Waals surface area (Å²) in [6.45, 7) is 0. The van der Waals surface area contributed by atoms with Gasteiger partial charge >= 0.3 is 0 Å². The SMILES string of the molecule is NC(O)CCC1CCCC1. The number of nitrogens with two attached hydrogens (primary N) is 1. The lowest BCUT2D eigenvalue weighted by Gasteiger charge is -2.09. The van der Waals surface area contributed by atoms with E-state index < -0.39 is 6.23 Å². The highest BCUT2D eigenvalue weighted by molar-refractivity contribution is 4.67. The third kappa shape index (κ3) is 2.67. The number of rotatable bonds is 3. The zero-order valence-electron chi connectivity index (χ0n) is 6.42. The van der Waals surface area contributed by atoms with Crippen LogP contribution in [0.4, 0.5) is 0 Å². The van der Waals surface area contributed by atoms with E-state index in [0.717, 1.165) is 18.8 Å². The molecule has 1 atom stereocenters. The van der Waals surface area contributed by atoms with Crippen molar-refractivity contribution in [1.82, 2.24) is 0 Å². The van der Waals surface area contributed by atoms with Crippen LogP contribution in [0, 0.1) is 5.92 Å². The van der Waals surface area contributed by atoms with Gasteiger partial charge in [-0.15, -0.1) is 0 Å². The van der Waals surface area contributed by atoms with Gasteiger partial charge < -0.3 is 10.8 Å². The molecule has 0 radical (unpaired) electrons. The highest BCUT2D eigenvalue weighted by Crippen LogP contribution is 2.28. The van der Waals surface area contributed by atoms with Crippen molar-refractivity contribution in [2.24, 2.45) is 11.7 Å². The van der Waals surface area contributed by atoms with Crippen LogP contribution in [0.3, 0.4) is 0 Å². The number of aliphatic hydroxyl groups excluding tert-OH is 1. The molecule has 0 saturated heterocycles. The Bertz CT molecular complexity index is 87.3. The fraction of sp³-hybridized carbons (Fsp3) is 1.00. The molecule has 0 aromatic carbocycles. The smallest absolute Gasteiger partial charge is 0.102 e. The van der Waals surface area contributed by atoms with E-state index in [1.807, 2.05) is 0 Å². The summed E-state index contributed by atoms with van der Waals surface area (Å²) < 4.78 is 0. The molecule has 0 amide bonds. The molecule has 2 heteroatoms. The lowest BCUT2D eigenvalue weighted by molar-refractivity contribution is 0.162. The largest absolute Gasteiger partial charge is 0.379 e. The second-order valence-corrected chi connectivity index (χ2v) is 3.30. The maximum Gasteiger partial charge on any atom is 0.102 e. The van der Waals surface area contributed by atoms with Crippen molar-refractivity contribution in [1.29, 1.82) is 0 Å². The summed E-state index contributed by atoms with van der Waals surface area (Å²) in [7, 11) is 0. The van der Waals surface area contributed by atoms with Gasteiger partial charge in [0.2, 0.25) is 0 Å². The molecule has 1 unspecified atom stereocenters. The van der Waals surface area contributed by atoms with Crippen LogP contribution in [0.2, 0.25) is 0 Å². The Balaban J connectivity index is 2.01. The summed E-state index contributed by atoms with van der Waals surface area (Å²) in [6.07, 6.45) is 6.79. The number of aliphatic hydroxyl groups is 1. The summed E-state index contributed by atoms with van der Waals surface area (Å²) in [5.41, 5.74) is 5.23. The van der Waals surface area contributed by atoms with Crippen molar-refractivity contribution in [3.8, 4) is 0 Å². The van der Waals surface area contributed by atoms with Crippen LogP contribution in [-0.2, 0) is 0 Å². The Morgan fingerprint density at radius 3 is 2.50 bits per heavy atom. The first-order valence-corrected chi connectivity index (χ1v) is 4.22. The van der Waals surface area contributed by atoms with E-state index in [4.69, 9.17) is 10.8 Å². The lowest BCUT2D eigenvalue weighted by Crippen LogP contribution is -2.19. The summed E-state index contributed by atoms with van der Waals surface area (Å²) in [5, 5.41) is 8.79. The van der Waals surface area contributed by atoms with E-state index in [1.165, 1.54) is 25.7 Å². The fourth-order valence-corrected chi connectivity index (χ4v) is 1.71. The standard InChI is InChI=1S/C8H17NO/c9-8(10)6-5-7-3-1-2-4-7/h7-8,10H,1-6,9H2. The first-order chi connectivity index (χ1) is 4.79. The topological polar surface area (TPSA) is 46.2 Å². The predicted molar refractivity (Wildman–Crippen MR) is 41.4 cm³/mol. The second kappa shape index (κ2) is 3.94. The van der Waals surface area contributed by atoms with E-state index in [1.54, 1.807) is 0 Å². The van der Waals surface area contributed by atoms with E-state index in [-0.39, 0.29) is 0 Å². The highest BCUT2D eigenvalue weighted by Gasteiger charge is 2.14. The molecule has 10 heavy (non-hydrogen) atoms. The lowest BCUT2D eigenvalue weighted by atomic mass is 10.0. The minimum absolute atomic E-state index is 0.583. The summed E-state index contributed by atoms with van der Waals surface area (Å²) >= 11 is 0. The van der Waals surface area contributed by atoms with Gasteiger partial charge in [0, 0.05) is 0 Å². The van der Waals surface area contributed by atoms with Gasteiger partial charge in [0.05, 0.1) is 0 Å². The normalized spacial score (nSPS) is 23.4. The molecule has 1 aliphatic carbocycles. The van der Waals surface area contributed by atoms with Crippen LogP contribution in [0.1, 0.15) is 38.5 Å². The monoisotopic (exact) mass is 143 g/mol. The summed E-state index contributed by atoms with van der Waals surface area (Å²) in [5.74, 6) is 0.859. The van der Waals surface area contributed by atoms with E-state index in [2.05, 4.69) is 0 Å². The molecule has 1 aliphatic rings. The molecule has 0 heterocycles. The fourth-order valence-electron chi connectivity index (χ4n) is 1.71. The quantitative estimate of drug-likeness (QED) is 0.584. The van der Waals surface area contributed by atoms with Crippen molar-refractivity contribution in [2.75, 3.05) is 0 Å². The minimum atomic E-state index is -0.583. The Hall–Kier alpha value is -0.0800. The average Bonchev–Trinajstić information content (AvgIpc) is 2.34. The van der Waals surface area contributed by atoms with E-state index in [0.29, 0.717) is 0 Å². The third-order valence-electron chi connectivity index (χ3n) is 2.35. The Labute approximate surface area is 62.4 Å². The average molecular weight is 143 g/mol. The zero-order chi connectivity index (χ0) is 7.40. The van der Waals surface area contributed by atoms with Crippen LogP contribution in [0.25, 0.3) is 0 Å². The molecule has 0 aromatic heterocycles. The molecule has 2 nitrogen and oxygen atoms in total.